The van der Waals surface area contributed by atoms with Gasteiger partial charge in [0.15, 0.2) is 5.11 Å². The van der Waals surface area contributed by atoms with Crippen LogP contribution in [0.1, 0.15) is 10.4 Å². The van der Waals surface area contributed by atoms with Gasteiger partial charge in [0.05, 0.1) is 28.4 Å². The summed E-state index contributed by atoms with van der Waals surface area (Å²) in [6.45, 7) is 2.96. The highest BCUT2D eigenvalue weighted by Gasteiger charge is 2.22. The van der Waals surface area contributed by atoms with Crippen molar-refractivity contribution >= 4 is 57.9 Å². The molecular formula is C18H18Cl2N4O2S. The minimum Gasteiger partial charge on any atom is -0.465 e. The first-order chi connectivity index (χ1) is 13.0. The van der Waals surface area contributed by atoms with Crippen molar-refractivity contribution < 1.29 is 9.53 Å². The Morgan fingerprint density at radius 1 is 1.11 bits per heavy atom. The van der Waals surface area contributed by atoms with Crippen LogP contribution in [0, 0.1) is 0 Å². The zero-order valence-corrected chi connectivity index (χ0v) is 16.9. The molecule has 3 rings (SSSR count). The van der Waals surface area contributed by atoms with E-state index in [9.17, 15) is 4.79 Å². The molecule has 0 aliphatic carbocycles. The van der Waals surface area contributed by atoms with E-state index in [0.717, 1.165) is 37.6 Å². The smallest absolute Gasteiger partial charge is 0.337 e. The Morgan fingerprint density at radius 2 is 1.70 bits per heavy atom. The van der Waals surface area contributed by atoms with Gasteiger partial charge in [0.2, 0.25) is 0 Å². The van der Waals surface area contributed by atoms with Crippen molar-refractivity contribution in [3.63, 3.8) is 0 Å². The largest absolute Gasteiger partial charge is 0.465 e. The monoisotopic (exact) mass is 424 g/mol. The maximum absolute atomic E-state index is 11.5. The number of carbonyl (C=O) groups excluding carboxylic acids is 1. The summed E-state index contributed by atoms with van der Waals surface area (Å²) >= 11 is 18.0. The quantitative estimate of drug-likeness (QED) is 0.595. The van der Waals surface area contributed by atoms with Crippen LogP contribution in [0.5, 0.6) is 0 Å². The zero-order chi connectivity index (χ0) is 19.4. The van der Waals surface area contributed by atoms with Crippen LogP contribution in [0.3, 0.4) is 0 Å². The number of halogens is 2. The lowest BCUT2D eigenvalue weighted by Gasteiger charge is -2.38. The predicted molar refractivity (Wildman–Crippen MR) is 112 cm³/mol. The molecule has 1 aliphatic rings. The first kappa shape index (κ1) is 19.7. The van der Waals surface area contributed by atoms with Crippen molar-refractivity contribution in [2.24, 2.45) is 0 Å². The van der Waals surface area contributed by atoms with Gasteiger partial charge >= 0.3 is 5.97 Å². The lowest BCUT2D eigenvalue weighted by molar-refractivity contribution is 0.0601. The Hall–Kier alpha value is -2.09. The highest BCUT2D eigenvalue weighted by molar-refractivity contribution is 7.80. The number of nitrogens with one attached hydrogen (secondary N) is 1. The average molecular weight is 425 g/mol. The molecule has 0 saturated carbocycles. The number of thiocarbonyl (C=S) groups is 1. The second-order valence-electron chi connectivity index (χ2n) is 5.92. The number of methoxy groups -OCH3 is 1. The molecule has 2 aromatic rings. The number of aromatic nitrogens is 1. The summed E-state index contributed by atoms with van der Waals surface area (Å²) in [5.74, 6) is -0.367. The molecule has 1 saturated heterocycles. The van der Waals surface area contributed by atoms with E-state index in [2.05, 4.69) is 20.1 Å². The van der Waals surface area contributed by atoms with Crippen molar-refractivity contribution in [3.8, 4) is 0 Å². The SMILES string of the molecule is COC(=O)c1ccc(NC(=S)N2CCN(c3c(Cl)cncc3Cl)CC2)cc1. The van der Waals surface area contributed by atoms with Gasteiger partial charge in [0.25, 0.3) is 0 Å². The predicted octanol–water partition coefficient (Wildman–Crippen LogP) is 3.69. The lowest BCUT2D eigenvalue weighted by Crippen LogP contribution is -2.50. The van der Waals surface area contributed by atoms with Gasteiger partial charge in [-0.3, -0.25) is 4.98 Å². The van der Waals surface area contributed by atoms with Crippen LogP contribution < -0.4 is 10.2 Å². The minimum atomic E-state index is -0.367. The van der Waals surface area contributed by atoms with E-state index in [0.29, 0.717) is 20.7 Å². The van der Waals surface area contributed by atoms with Crippen molar-refractivity contribution in [1.82, 2.24) is 9.88 Å². The Balaban J connectivity index is 1.58. The number of hydrogen-bond donors (Lipinski definition) is 1. The summed E-state index contributed by atoms with van der Waals surface area (Å²) in [5.41, 5.74) is 2.12. The number of pyridine rings is 1. The molecule has 0 unspecified atom stereocenters. The van der Waals surface area contributed by atoms with E-state index in [1.165, 1.54) is 7.11 Å². The van der Waals surface area contributed by atoms with Crippen LogP contribution in [0.15, 0.2) is 36.7 Å². The maximum atomic E-state index is 11.5. The van der Waals surface area contributed by atoms with E-state index in [1.54, 1.807) is 36.7 Å². The Kier molecular flexibility index (Phi) is 6.36. The number of anilines is 2. The third-order valence-corrected chi connectivity index (χ3v) is 5.18. The second kappa shape index (κ2) is 8.73. The molecule has 0 amide bonds. The zero-order valence-electron chi connectivity index (χ0n) is 14.6. The van der Waals surface area contributed by atoms with E-state index >= 15 is 0 Å². The summed E-state index contributed by atoms with van der Waals surface area (Å²) in [6, 6.07) is 6.99. The number of nitrogens with zero attached hydrogens (tertiary/aromatic N) is 3. The van der Waals surface area contributed by atoms with Crippen LogP contribution in [0.25, 0.3) is 0 Å². The van der Waals surface area contributed by atoms with Crippen molar-refractivity contribution in [3.05, 3.63) is 52.3 Å². The standard InChI is InChI=1S/C18H18Cl2N4O2S/c1-26-17(25)12-2-4-13(5-3-12)22-18(27)24-8-6-23(7-9-24)16-14(19)10-21-11-15(16)20/h2-5,10-11H,6-9H2,1H3,(H,22,27). The molecule has 9 heteroatoms. The summed E-state index contributed by atoms with van der Waals surface area (Å²) in [6.07, 6.45) is 3.19. The Bertz CT molecular complexity index is 820. The van der Waals surface area contributed by atoms with E-state index in [-0.39, 0.29) is 5.97 Å². The van der Waals surface area contributed by atoms with Crippen LogP contribution in [0.2, 0.25) is 10.0 Å². The number of rotatable bonds is 3. The van der Waals surface area contributed by atoms with Crippen LogP contribution in [-0.2, 0) is 4.74 Å². The molecule has 0 atom stereocenters. The number of piperazine rings is 1. The normalized spacial score (nSPS) is 14.0. The lowest BCUT2D eigenvalue weighted by atomic mass is 10.2. The topological polar surface area (TPSA) is 57.7 Å². The molecule has 142 valence electrons. The fourth-order valence-electron chi connectivity index (χ4n) is 2.85. The highest BCUT2D eigenvalue weighted by atomic mass is 35.5. The summed E-state index contributed by atoms with van der Waals surface area (Å²) < 4.78 is 4.69. The van der Waals surface area contributed by atoms with E-state index in [1.807, 2.05) is 0 Å². The number of carbonyl (C=O) groups is 1. The van der Waals surface area contributed by atoms with Gasteiger partial charge in [-0.2, -0.15) is 0 Å². The molecule has 0 spiro atoms. The minimum absolute atomic E-state index is 0.367. The molecule has 0 bridgehead atoms. The molecule has 1 aromatic heterocycles. The molecule has 2 heterocycles. The van der Waals surface area contributed by atoms with Gasteiger partial charge in [-0.05, 0) is 36.5 Å². The van der Waals surface area contributed by atoms with Gasteiger partial charge in [-0.15, -0.1) is 0 Å². The fourth-order valence-corrected chi connectivity index (χ4v) is 3.75. The van der Waals surface area contributed by atoms with Gasteiger partial charge in [-0.25, -0.2) is 4.79 Å². The van der Waals surface area contributed by atoms with Crippen molar-refractivity contribution in [2.75, 3.05) is 43.5 Å². The number of hydrogen-bond acceptors (Lipinski definition) is 5. The van der Waals surface area contributed by atoms with Crippen LogP contribution >= 0.6 is 35.4 Å². The molecule has 1 aromatic carbocycles. The highest BCUT2D eigenvalue weighted by Crippen LogP contribution is 2.33. The number of ether oxygens (including phenoxy) is 1. The molecule has 0 radical (unpaired) electrons. The fraction of sp³-hybridized carbons (Fsp3) is 0.278. The molecule has 6 nitrogen and oxygen atoms in total. The van der Waals surface area contributed by atoms with Crippen LogP contribution in [-0.4, -0.2) is 54.3 Å². The van der Waals surface area contributed by atoms with Crippen molar-refractivity contribution in [2.45, 2.75) is 0 Å². The summed E-state index contributed by atoms with van der Waals surface area (Å²) in [7, 11) is 1.36. The van der Waals surface area contributed by atoms with Crippen LogP contribution in [0.4, 0.5) is 11.4 Å². The van der Waals surface area contributed by atoms with Gasteiger partial charge < -0.3 is 19.9 Å². The van der Waals surface area contributed by atoms with Gasteiger partial charge in [0, 0.05) is 44.3 Å². The Labute approximate surface area is 173 Å². The number of esters is 1. The molecule has 1 fully saturated rings. The molecule has 27 heavy (non-hydrogen) atoms. The first-order valence-electron chi connectivity index (χ1n) is 8.28. The third-order valence-electron chi connectivity index (χ3n) is 4.27. The molecular weight excluding hydrogens is 407 g/mol. The van der Waals surface area contributed by atoms with Gasteiger partial charge in [0.1, 0.15) is 0 Å². The number of benzene rings is 1. The second-order valence-corrected chi connectivity index (χ2v) is 7.13. The van der Waals surface area contributed by atoms with E-state index < -0.39 is 0 Å². The molecule has 1 N–H and O–H groups in total. The average Bonchev–Trinajstić information content (AvgIpc) is 2.68. The first-order valence-corrected chi connectivity index (χ1v) is 9.44. The Morgan fingerprint density at radius 3 is 2.26 bits per heavy atom. The molecule has 1 aliphatic heterocycles. The van der Waals surface area contributed by atoms with Gasteiger partial charge in [-0.1, -0.05) is 23.2 Å². The van der Waals surface area contributed by atoms with Crippen molar-refractivity contribution in [1.29, 1.82) is 0 Å². The summed E-state index contributed by atoms with van der Waals surface area (Å²) in [5, 5.41) is 4.92. The maximum Gasteiger partial charge on any atom is 0.337 e. The third kappa shape index (κ3) is 4.61. The van der Waals surface area contributed by atoms with E-state index in [4.69, 9.17) is 40.2 Å². The summed E-state index contributed by atoms with van der Waals surface area (Å²) in [4.78, 5) is 19.7.